The van der Waals surface area contributed by atoms with E-state index in [0.29, 0.717) is 0 Å². The molecule has 0 saturated carbocycles. The molecule has 0 atom stereocenters. The summed E-state index contributed by atoms with van der Waals surface area (Å²) in [5, 5.41) is 9.12. The fourth-order valence-corrected chi connectivity index (χ4v) is 0. The SMILES string of the molecule is O=C([O-])CCl.[Hg+]. The molecule has 6 heavy (non-hydrogen) atoms. The fraction of sp³-hybridized carbons (Fsp3) is 0.500. The molecule has 4 heteroatoms. The molecule has 0 aromatic rings. The molecule has 0 aromatic carbocycles. The van der Waals surface area contributed by atoms with Crippen LogP contribution in [0.5, 0.6) is 0 Å². The van der Waals surface area contributed by atoms with E-state index in [1.807, 2.05) is 0 Å². The first-order valence-electron chi connectivity index (χ1n) is 1.03. The normalized spacial score (nSPS) is 6.17. The van der Waals surface area contributed by atoms with E-state index in [0.717, 1.165) is 0 Å². The summed E-state index contributed by atoms with van der Waals surface area (Å²) in [4.78, 5) is 9.12. The van der Waals surface area contributed by atoms with Gasteiger partial charge in [-0.2, -0.15) is 0 Å². The van der Waals surface area contributed by atoms with Crippen molar-refractivity contribution in [1.29, 1.82) is 0 Å². The number of carbonyl (C=O) groups is 1. The molecule has 0 amide bonds. The van der Waals surface area contributed by atoms with E-state index in [1.54, 1.807) is 0 Å². The van der Waals surface area contributed by atoms with Crippen molar-refractivity contribution in [1.82, 2.24) is 0 Å². The number of carboxylic acid groups (broad SMARTS) is 1. The molecule has 0 spiro atoms. The van der Waals surface area contributed by atoms with Gasteiger partial charge in [-0.15, -0.1) is 11.6 Å². The van der Waals surface area contributed by atoms with Gasteiger partial charge >= 0.3 is 27.7 Å². The van der Waals surface area contributed by atoms with E-state index < -0.39 is 11.8 Å². The number of carbonyl (C=O) groups excluding carboxylic acids is 1. The predicted octanol–water partition coefficient (Wildman–Crippen LogP) is -1.03. The van der Waals surface area contributed by atoms with E-state index in [4.69, 9.17) is 9.90 Å². The first-order valence-corrected chi connectivity index (χ1v) is 1.56. The zero-order valence-electron chi connectivity index (χ0n) is 3.11. The summed E-state index contributed by atoms with van der Waals surface area (Å²) in [6.07, 6.45) is 0. The molecular formula is C2H2ClHgO2. The standard InChI is InChI=1S/C2H3ClO2.Hg/c3-1-2(4)5;/h1H2,(H,4,5);/q;+1/p-1. The molecule has 0 aliphatic rings. The third-order valence-electron chi connectivity index (χ3n) is 0.109. The minimum atomic E-state index is -1.23. The maximum atomic E-state index is 9.12. The molecular weight excluding hydrogens is 292 g/mol. The number of halogens is 1. The minimum absolute atomic E-state index is 0. The zero-order chi connectivity index (χ0) is 4.28. The summed E-state index contributed by atoms with van der Waals surface area (Å²) in [5.74, 6) is -1.65. The second-order valence-corrected chi connectivity index (χ2v) is 0.773. The van der Waals surface area contributed by atoms with Crippen LogP contribution >= 0.6 is 11.6 Å². The van der Waals surface area contributed by atoms with Gasteiger partial charge in [-0.25, -0.2) is 0 Å². The first kappa shape index (κ1) is 9.85. The van der Waals surface area contributed by atoms with Crippen LogP contribution in [0.15, 0.2) is 0 Å². The molecule has 0 aliphatic carbocycles. The fourth-order valence-electron chi connectivity index (χ4n) is 0. The molecule has 1 radical (unpaired) electrons. The molecule has 31 valence electrons. The third-order valence-corrected chi connectivity index (χ3v) is 0.327. The first-order chi connectivity index (χ1) is 2.27. The molecule has 0 aliphatic heterocycles. The van der Waals surface area contributed by atoms with Crippen LogP contribution in [-0.2, 0) is 32.5 Å². The number of hydrogen-bond acceptors (Lipinski definition) is 2. The average molecular weight is 294 g/mol. The Morgan fingerprint density at radius 3 is 2.00 bits per heavy atom. The number of rotatable bonds is 1. The van der Waals surface area contributed by atoms with Crippen molar-refractivity contribution in [3.8, 4) is 0 Å². The summed E-state index contributed by atoms with van der Waals surface area (Å²) in [5.41, 5.74) is 0. The molecule has 0 bridgehead atoms. The number of alkyl halides is 1. The van der Waals surface area contributed by atoms with Crippen LogP contribution in [0, 0.1) is 0 Å². The summed E-state index contributed by atoms with van der Waals surface area (Å²) < 4.78 is 0. The smallest absolute Gasteiger partial charge is 0.549 e. The molecule has 2 nitrogen and oxygen atoms in total. The average Bonchev–Trinajstić information content (AvgIpc) is 1.38. The van der Waals surface area contributed by atoms with Crippen LogP contribution in [-0.4, -0.2) is 11.8 Å². The Kier molecular flexibility index (Phi) is 9.35. The number of hydrogen-bond donors (Lipinski definition) is 0. The molecule has 0 fully saturated rings. The largest absolute Gasteiger partial charge is 1.00 e. The Balaban J connectivity index is 0. The van der Waals surface area contributed by atoms with Crippen LogP contribution in [0.1, 0.15) is 0 Å². The van der Waals surface area contributed by atoms with Gasteiger partial charge in [0.05, 0.1) is 11.8 Å². The van der Waals surface area contributed by atoms with Gasteiger partial charge < -0.3 is 9.90 Å². The van der Waals surface area contributed by atoms with Crippen LogP contribution in [0.2, 0.25) is 0 Å². The molecule has 0 rings (SSSR count). The molecule has 0 N–H and O–H groups in total. The number of aliphatic carboxylic acids is 1. The van der Waals surface area contributed by atoms with Crippen LogP contribution < -0.4 is 5.11 Å². The van der Waals surface area contributed by atoms with Crippen molar-refractivity contribution in [2.45, 2.75) is 0 Å². The van der Waals surface area contributed by atoms with Crippen molar-refractivity contribution in [2.75, 3.05) is 5.88 Å². The minimum Gasteiger partial charge on any atom is -0.549 e. The van der Waals surface area contributed by atoms with Crippen molar-refractivity contribution >= 4 is 17.6 Å². The predicted molar refractivity (Wildman–Crippen MR) is 15.7 cm³/mol. The van der Waals surface area contributed by atoms with Crippen LogP contribution in [0.3, 0.4) is 0 Å². The monoisotopic (exact) mass is 295 g/mol. The second-order valence-electron chi connectivity index (χ2n) is 0.506. The summed E-state index contributed by atoms with van der Waals surface area (Å²) in [6.45, 7) is 0. The van der Waals surface area contributed by atoms with Gasteiger partial charge in [-0.1, -0.05) is 0 Å². The molecule has 0 saturated heterocycles. The maximum absolute atomic E-state index is 9.12. The molecule has 0 aromatic heterocycles. The number of carboxylic acids is 1. The molecule has 0 heterocycles. The topological polar surface area (TPSA) is 40.1 Å². The maximum Gasteiger partial charge on any atom is 1.00 e. The summed E-state index contributed by atoms with van der Waals surface area (Å²) in [6, 6.07) is 0. The van der Waals surface area contributed by atoms with Gasteiger partial charge in [-0.05, 0) is 0 Å². The van der Waals surface area contributed by atoms with E-state index in [9.17, 15) is 0 Å². The van der Waals surface area contributed by atoms with E-state index >= 15 is 0 Å². The summed E-state index contributed by atoms with van der Waals surface area (Å²) in [7, 11) is 0. The Morgan fingerprint density at radius 2 is 2.00 bits per heavy atom. The van der Waals surface area contributed by atoms with Crippen LogP contribution in [0.25, 0.3) is 0 Å². The summed E-state index contributed by atoms with van der Waals surface area (Å²) >= 11 is 4.67. The molecule has 0 unspecified atom stereocenters. The Labute approximate surface area is 61.0 Å². The van der Waals surface area contributed by atoms with Gasteiger partial charge in [0, 0.05) is 0 Å². The van der Waals surface area contributed by atoms with Crippen LogP contribution in [0.4, 0.5) is 0 Å². The van der Waals surface area contributed by atoms with E-state index in [1.165, 1.54) is 0 Å². The Hall–Kier alpha value is 0.695. The second kappa shape index (κ2) is 5.70. The van der Waals surface area contributed by atoms with Gasteiger partial charge in [0.15, 0.2) is 0 Å². The van der Waals surface area contributed by atoms with Crippen molar-refractivity contribution < 1.29 is 37.6 Å². The van der Waals surface area contributed by atoms with Crippen molar-refractivity contribution in [3.63, 3.8) is 0 Å². The van der Waals surface area contributed by atoms with Crippen molar-refractivity contribution in [2.24, 2.45) is 0 Å². The van der Waals surface area contributed by atoms with Gasteiger partial charge in [0.25, 0.3) is 0 Å². The van der Waals surface area contributed by atoms with Gasteiger partial charge in [0.2, 0.25) is 0 Å². The van der Waals surface area contributed by atoms with E-state index in [-0.39, 0.29) is 27.7 Å². The van der Waals surface area contributed by atoms with Gasteiger partial charge in [0.1, 0.15) is 0 Å². The Bertz CT molecular complexity index is 46.8. The zero-order valence-corrected chi connectivity index (χ0v) is 9.36. The third kappa shape index (κ3) is 8.83. The quantitative estimate of drug-likeness (QED) is 0.458. The Morgan fingerprint density at radius 1 is 1.83 bits per heavy atom. The van der Waals surface area contributed by atoms with E-state index in [2.05, 4.69) is 11.6 Å². The van der Waals surface area contributed by atoms with Crippen molar-refractivity contribution in [3.05, 3.63) is 0 Å². The van der Waals surface area contributed by atoms with Gasteiger partial charge in [-0.3, -0.25) is 0 Å².